The summed E-state index contributed by atoms with van der Waals surface area (Å²) in [4.78, 5) is 31.0. The van der Waals surface area contributed by atoms with Crippen LogP contribution in [0, 0.1) is 0 Å². The van der Waals surface area contributed by atoms with E-state index < -0.39 is 11.2 Å². The van der Waals surface area contributed by atoms with E-state index in [2.05, 4.69) is 20.9 Å². The first-order valence-electron chi connectivity index (χ1n) is 10.9. The fraction of sp³-hybridized carbons (Fsp3) is 0.148. The Morgan fingerprint density at radius 3 is 1.89 bits per heavy atom. The van der Waals surface area contributed by atoms with E-state index in [4.69, 9.17) is 9.47 Å². The molecule has 1 heterocycles. The molecule has 0 aliphatic rings. The molecule has 0 N–H and O–H groups in total. The van der Waals surface area contributed by atoms with Crippen molar-refractivity contribution in [1.82, 2.24) is 9.13 Å². The summed E-state index contributed by atoms with van der Waals surface area (Å²) < 4.78 is 14.1. The Bertz CT molecular complexity index is 1440. The molecule has 0 radical (unpaired) electrons. The second-order valence-electron chi connectivity index (χ2n) is 7.82. The number of nitrogens with zero attached hydrogens (tertiary/aromatic N) is 3. The Morgan fingerprint density at radius 2 is 1.34 bits per heavy atom. The van der Waals surface area contributed by atoms with Crippen molar-refractivity contribution in [3.63, 3.8) is 0 Å². The molecule has 7 nitrogen and oxygen atoms in total. The molecule has 0 spiro atoms. The minimum absolute atomic E-state index is 0.117. The normalized spacial score (nSPS) is 11.1. The maximum absolute atomic E-state index is 13.3. The summed E-state index contributed by atoms with van der Waals surface area (Å²) in [6.07, 6.45) is 3.12. The lowest BCUT2D eigenvalue weighted by atomic mass is 10.2. The zero-order valence-corrected chi connectivity index (χ0v) is 20.9. The Morgan fingerprint density at radius 1 is 0.800 bits per heavy atom. The SMILES string of the molecule is COc1ccc(Cn2cc(N=Cc3ccc(Br)cc3)c(=O)n(Cc3ccc(OC)cc3)c2=O)cc1. The zero-order valence-electron chi connectivity index (χ0n) is 19.3. The number of aliphatic imine (C=N–C) groups is 1. The van der Waals surface area contributed by atoms with Crippen LogP contribution >= 0.6 is 15.9 Å². The molecule has 0 bridgehead atoms. The van der Waals surface area contributed by atoms with E-state index in [0.717, 1.165) is 26.9 Å². The van der Waals surface area contributed by atoms with E-state index in [-0.39, 0.29) is 18.8 Å². The number of hydrogen-bond donors (Lipinski definition) is 0. The van der Waals surface area contributed by atoms with E-state index in [1.807, 2.05) is 60.7 Å². The van der Waals surface area contributed by atoms with Gasteiger partial charge < -0.3 is 9.47 Å². The Balaban J connectivity index is 1.75. The lowest BCUT2D eigenvalue weighted by Gasteiger charge is -2.12. The molecule has 0 amide bonds. The van der Waals surface area contributed by atoms with Gasteiger partial charge in [-0.2, -0.15) is 0 Å². The van der Waals surface area contributed by atoms with Crippen LogP contribution in [0.1, 0.15) is 16.7 Å². The van der Waals surface area contributed by atoms with Gasteiger partial charge in [0.15, 0.2) is 0 Å². The van der Waals surface area contributed by atoms with Gasteiger partial charge in [0.1, 0.15) is 17.2 Å². The van der Waals surface area contributed by atoms with Gasteiger partial charge in [-0.1, -0.05) is 52.3 Å². The topological polar surface area (TPSA) is 74.8 Å². The van der Waals surface area contributed by atoms with E-state index in [1.54, 1.807) is 32.6 Å². The molecule has 0 aliphatic carbocycles. The van der Waals surface area contributed by atoms with Gasteiger partial charge >= 0.3 is 5.69 Å². The molecule has 35 heavy (non-hydrogen) atoms. The molecule has 1 aromatic heterocycles. The number of aromatic nitrogens is 2. The van der Waals surface area contributed by atoms with Crippen molar-refractivity contribution in [1.29, 1.82) is 0 Å². The molecular formula is C27H24BrN3O4. The first-order valence-corrected chi connectivity index (χ1v) is 11.7. The summed E-state index contributed by atoms with van der Waals surface area (Å²) in [5, 5.41) is 0. The maximum Gasteiger partial charge on any atom is 0.331 e. The van der Waals surface area contributed by atoms with E-state index in [0.29, 0.717) is 5.75 Å². The Kier molecular flexibility index (Phi) is 7.62. The fourth-order valence-corrected chi connectivity index (χ4v) is 3.78. The molecule has 0 atom stereocenters. The lowest BCUT2D eigenvalue weighted by Crippen LogP contribution is -2.39. The predicted molar refractivity (Wildman–Crippen MR) is 141 cm³/mol. The number of hydrogen-bond acceptors (Lipinski definition) is 5. The molecule has 178 valence electrons. The summed E-state index contributed by atoms with van der Waals surface area (Å²) in [6.45, 7) is 0.401. The maximum atomic E-state index is 13.3. The number of benzene rings is 3. The van der Waals surface area contributed by atoms with E-state index >= 15 is 0 Å². The van der Waals surface area contributed by atoms with Crippen molar-refractivity contribution >= 4 is 27.8 Å². The summed E-state index contributed by atoms with van der Waals surface area (Å²) >= 11 is 3.41. The second-order valence-corrected chi connectivity index (χ2v) is 8.74. The van der Waals surface area contributed by atoms with Crippen molar-refractivity contribution in [2.45, 2.75) is 13.1 Å². The smallest absolute Gasteiger partial charge is 0.331 e. The van der Waals surface area contributed by atoms with Gasteiger partial charge in [0.05, 0.1) is 27.3 Å². The minimum Gasteiger partial charge on any atom is -0.497 e. The predicted octanol–water partition coefficient (Wildman–Crippen LogP) is 4.64. The molecule has 8 heteroatoms. The van der Waals surface area contributed by atoms with E-state index in [1.165, 1.54) is 15.3 Å². The van der Waals surface area contributed by atoms with Crippen molar-refractivity contribution in [2.75, 3.05) is 14.2 Å². The van der Waals surface area contributed by atoms with Crippen LogP contribution in [0.4, 0.5) is 5.69 Å². The van der Waals surface area contributed by atoms with Gasteiger partial charge in [0.25, 0.3) is 5.56 Å². The van der Waals surface area contributed by atoms with Crippen LogP contribution in [0.2, 0.25) is 0 Å². The molecule has 0 saturated heterocycles. The molecular weight excluding hydrogens is 510 g/mol. The van der Waals surface area contributed by atoms with Crippen LogP contribution < -0.4 is 20.7 Å². The highest BCUT2D eigenvalue weighted by atomic mass is 79.9. The highest BCUT2D eigenvalue weighted by Crippen LogP contribution is 2.15. The van der Waals surface area contributed by atoms with Gasteiger partial charge in [0, 0.05) is 16.9 Å². The molecule has 0 aliphatic heterocycles. The number of halogens is 1. The van der Waals surface area contributed by atoms with Gasteiger partial charge in [-0.05, 0) is 53.1 Å². The van der Waals surface area contributed by atoms with Crippen molar-refractivity contribution in [3.05, 3.63) is 121 Å². The number of rotatable bonds is 8. The van der Waals surface area contributed by atoms with E-state index in [9.17, 15) is 9.59 Å². The Labute approximate surface area is 211 Å². The molecule has 4 aromatic rings. The quantitative estimate of drug-likeness (QED) is 0.309. The van der Waals surface area contributed by atoms with Crippen LogP contribution in [0.3, 0.4) is 0 Å². The second kappa shape index (κ2) is 11.0. The van der Waals surface area contributed by atoms with Crippen molar-refractivity contribution in [3.8, 4) is 11.5 Å². The molecule has 4 rings (SSSR count). The average Bonchev–Trinajstić information content (AvgIpc) is 2.89. The third kappa shape index (κ3) is 5.96. The van der Waals surface area contributed by atoms with Gasteiger partial charge in [-0.3, -0.25) is 13.9 Å². The van der Waals surface area contributed by atoms with Crippen LogP contribution in [0.5, 0.6) is 11.5 Å². The molecule has 0 saturated carbocycles. The van der Waals surface area contributed by atoms with Crippen LogP contribution in [-0.2, 0) is 13.1 Å². The van der Waals surface area contributed by atoms with Crippen LogP contribution in [-0.4, -0.2) is 29.6 Å². The standard InChI is InChI=1S/C27H24BrN3O4/c1-34-23-11-5-20(6-12-23)16-30-18-25(29-15-19-3-9-22(28)10-4-19)26(32)31(27(30)33)17-21-7-13-24(35-2)14-8-21/h3-15,18H,16-17H2,1-2H3. The third-order valence-electron chi connectivity index (χ3n) is 5.45. The molecule has 0 unspecified atom stereocenters. The van der Waals surface area contributed by atoms with Gasteiger partial charge in [0.2, 0.25) is 0 Å². The Hall–Kier alpha value is -3.91. The summed E-state index contributed by atoms with van der Waals surface area (Å²) in [7, 11) is 3.19. The summed E-state index contributed by atoms with van der Waals surface area (Å²) in [6, 6.07) is 22.3. The first-order chi connectivity index (χ1) is 17.0. The minimum atomic E-state index is -0.454. The summed E-state index contributed by atoms with van der Waals surface area (Å²) in [5.74, 6) is 1.43. The average molecular weight is 534 g/mol. The highest BCUT2D eigenvalue weighted by molar-refractivity contribution is 9.10. The van der Waals surface area contributed by atoms with Gasteiger partial charge in [-0.15, -0.1) is 0 Å². The largest absolute Gasteiger partial charge is 0.497 e. The van der Waals surface area contributed by atoms with Crippen molar-refractivity contribution < 1.29 is 9.47 Å². The van der Waals surface area contributed by atoms with Crippen LogP contribution in [0.15, 0.2) is 98.0 Å². The van der Waals surface area contributed by atoms with Gasteiger partial charge in [-0.25, -0.2) is 9.79 Å². The fourth-order valence-electron chi connectivity index (χ4n) is 3.51. The molecule has 3 aromatic carbocycles. The number of methoxy groups -OCH3 is 2. The first kappa shape index (κ1) is 24.2. The third-order valence-corrected chi connectivity index (χ3v) is 5.98. The molecule has 0 fully saturated rings. The van der Waals surface area contributed by atoms with Crippen molar-refractivity contribution in [2.24, 2.45) is 4.99 Å². The number of ether oxygens (including phenoxy) is 2. The van der Waals surface area contributed by atoms with Crippen LogP contribution in [0.25, 0.3) is 0 Å². The zero-order chi connectivity index (χ0) is 24.8. The highest BCUT2D eigenvalue weighted by Gasteiger charge is 2.12. The lowest BCUT2D eigenvalue weighted by molar-refractivity contribution is 0.414. The monoisotopic (exact) mass is 533 g/mol. The summed E-state index contributed by atoms with van der Waals surface area (Å²) in [5.41, 5.74) is 1.84.